The largest absolute Gasteiger partial charge is 0.481 e. The first-order valence-electron chi connectivity index (χ1n) is 12.3. The average Bonchev–Trinajstić information content (AvgIpc) is 2.92. The third kappa shape index (κ3) is 4.27. The molecule has 3 aliphatic heterocycles. The number of nitrogens with one attached hydrogen (secondary N) is 2. The second-order valence-electron chi connectivity index (χ2n) is 9.84. The molecule has 0 atom stereocenters. The molecule has 0 spiro atoms. The van der Waals surface area contributed by atoms with Crippen LogP contribution in [-0.4, -0.2) is 53.0 Å². The number of pyridine rings is 3. The van der Waals surface area contributed by atoms with Crippen LogP contribution in [0.3, 0.4) is 0 Å². The van der Waals surface area contributed by atoms with Crippen LogP contribution in [0, 0.1) is 5.82 Å². The maximum absolute atomic E-state index is 14.8. The topological polar surface area (TPSA) is 90.4 Å². The molecule has 1 aliphatic carbocycles. The Hall–Kier alpha value is -3.04. The summed E-state index contributed by atoms with van der Waals surface area (Å²) in [4.78, 5) is 13.3. The standard InChI is InChI=1S/C26H30FN5O3/c1-33-22-5-4-20-23(32-22)18(19(27)15-29-20)6-7-26-10-8-25(9-11-26,16-35-26)30-14-17-2-3-21-24(31-17)34-13-12-28-21/h2-5,15,28,30H,6-14,16H2,1H3. The van der Waals surface area contributed by atoms with Gasteiger partial charge in [0.05, 0.1) is 47.9 Å². The van der Waals surface area contributed by atoms with E-state index in [1.54, 1.807) is 13.2 Å². The summed E-state index contributed by atoms with van der Waals surface area (Å²) in [5, 5.41) is 7.03. The maximum Gasteiger partial charge on any atom is 0.237 e. The molecular weight excluding hydrogens is 449 g/mol. The lowest BCUT2D eigenvalue weighted by Crippen LogP contribution is -2.61. The van der Waals surface area contributed by atoms with Crippen molar-refractivity contribution in [2.75, 3.05) is 32.2 Å². The van der Waals surface area contributed by atoms with E-state index in [1.165, 1.54) is 6.20 Å². The fraction of sp³-hybridized carbons (Fsp3) is 0.500. The van der Waals surface area contributed by atoms with Gasteiger partial charge in [0.1, 0.15) is 12.4 Å². The van der Waals surface area contributed by atoms with E-state index in [9.17, 15) is 4.39 Å². The predicted octanol–water partition coefficient (Wildman–Crippen LogP) is 3.78. The van der Waals surface area contributed by atoms with E-state index in [0.29, 0.717) is 54.5 Å². The molecular formula is C26H30FN5O3. The van der Waals surface area contributed by atoms with Gasteiger partial charge in [0, 0.05) is 30.3 Å². The zero-order chi connectivity index (χ0) is 23.9. The Bertz CT molecular complexity index is 1230. The fourth-order valence-corrected chi connectivity index (χ4v) is 5.53. The molecule has 7 rings (SSSR count). The van der Waals surface area contributed by atoms with E-state index >= 15 is 0 Å². The highest BCUT2D eigenvalue weighted by Crippen LogP contribution is 2.46. The van der Waals surface area contributed by atoms with Gasteiger partial charge in [0.15, 0.2) is 0 Å². The lowest BCUT2D eigenvalue weighted by atomic mass is 9.69. The van der Waals surface area contributed by atoms with Crippen LogP contribution < -0.4 is 20.1 Å². The van der Waals surface area contributed by atoms with Crippen LogP contribution >= 0.6 is 0 Å². The van der Waals surface area contributed by atoms with Gasteiger partial charge in [-0.05, 0) is 56.7 Å². The number of methoxy groups -OCH3 is 1. The average molecular weight is 480 g/mol. The molecule has 0 amide bonds. The highest BCUT2D eigenvalue weighted by molar-refractivity contribution is 5.78. The van der Waals surface area contributed by atoms with Crippen molar-refractivity contribution >= 4 is 16.7 Å². The lowest BCUT2D eigenvalue weighted by Gasteiger charge is -2.53. The molecule has 3 fully saturated rings. The van der Waals surface area contributed by atoms with Crippen molar-refractivity contribution in [2.45, 2.75) is 56.2 Å². The number of hydrogen-bond acceptors (Lipinski definition) is 8. The molecule has 0 aromatic carbocycles. The van der Waals surface area contributed by atoms with E-state index in [0.717, 1.165) is 50.0 Å². The SMILES string of the molecule is COc1ccc2ncc(F)c(CCC34CCC(NCc5ccc6c(n5)OCCN6)(CC3)CO4)c2n1. The number of halogens is 1. The Morgan fingerprint density at radius 2 is 2.03 bits per heavy atom. The van der Waals surface area contributed by atoms with Crippen molar-refractivity contribution < 1.29 is 18.6 Å². The van der Waals surface area contributed by atoms with E-state index < -0.39 is 0 Å². The summed E-state index contributed by atoms with van der Waals surface area (Å²) in [6.07, 6.45) is 6.56. The smallest absolute Gasteiger partial charge is 0.237 e. The van der Waals surface area contributed by atoms with Crippen molar-refractivity contribution in [3.8, 4) is 11.8 Å². The lowest BCUT2D eigenvalue weighted by molar-refractivity contribution is -0.165. The Kier molecular flexibility index (Phi) is 5.69. The van der Waals surface area contributed by atoms with Gasteiger partial charge in [-0.25, -0.2) is 14.4 Å². The Labute approximate surface area is 203 Å². The molecule has 1 saturated carbocycles. The zero-order valence-electron chi connectivity index (χ0n) is 19.9. The Morgan fingerprint density at radius 1 is 1.14 bits per heavy atom. The first-order valence-corrected chi connectivity index (χ1v) is 12.3. The minimum absolute atomic E-state index is 0.0397. The molecule has 0 unspecified atom stereocenters. The monoisotopic (exact) mass is 479 g/mol. The van der Waals surface area contributed by atoms with Crippen molar-refractivity contribution in [2.24, 2.45) is 0 Å². The highest BCUT2D eigenvalue weighted by atomic mass is 19.1. The van der Waals surface area contributed by atoms with E-state index in [1.807, 2.05) is 18.2 Å². The Morgan fingerprint density at radius 3 is 2.83 bits per heavy atom. The molecule has 35 heavy (non-hydrogen) atoms. The van der Waals surface area contributed by atoms with Crippen LogP contribution in [0.1, 0.15) is 43.4 Å². The van der Waals surface area contributed by atoms with Crippen LogP contribution in [0.4, 0.5) is 10.1 Å². The highest BCUT2D eigenvalue weighted by Gasteiger charge is 2.49. The van der Waals surface area contributed by atoms with Gasteiger partial charge in [-0.2, -0.15) is 0 Å². The van der Waals surface area contributed by atoms with Crippen LogP contribution in [0.2, 0.25) is 0 Å². The third-order valence-corrected chi connectivity index (χ3v) is 7.77. The van der Waals surface area contributed by atoms with Crippen LogP contribution in [-0.2, 0) is 17.7 Å². The van der Waals surface area contributed by atoms with E-state index in [-0.39, 0.29) is 17.0 Å². The van der Waals surface area contributed by atoms with E-state index in [4.69, 9.17) is 14.2 Å². The molecule has 9 heteroatoms. The van der Waals surface area contributed by atoms with Crippen molar-refractivity contribution in [1.29, 1.82) is 0 Å². The summed E-state index contributed by atoms with van der Waals surface area (Å²) in [7, 11) is 1.56. The molecule has 2 N–H and O–H groups in total. The first-order chi connectivity index (χ1) is 17.1. The second kappa shape index (κ2) is 8.87. The van der Waals surface area contributed by atoms with E-state index in [2.05, 4.69) is 25.6 Å². The van der Waals surface area contributed by atoms with Crippen molar-refractivity contribution in [1.82, 2.24) is 20.3 Å². The summed E-state index contributed by atoms with van der Waals surface area (Å²) >= 11 is 0. The van der Waals surface area contributed by atoms with Crippen molar-refractivity contribution in [3.63, 3.8) is 0 Å². The van der Waals surface area contributed by atoms with Gasteiger partial charge in [0.2, 0.25) is 11.8 Å². The summed E-state index contributed by atoms with van der Waals surface area (Å²) in [5.41, 5.74) is 3.49. The number of nitrogens with zero attached hydrogens (tertiary/aromatic N) is 3. The molecule has 3 aromatic heterocycles. The first kappa shape index (κ1) is 22.4. The number of fused-ring (bicyclic) bond motifs is 5. The summed E-state index contributed by atoms with van der Waals surface area (Å²) in [6, 6.07) is 7.64. The van der Waals surface area contributed by atoms with Crippen LogP contribution in [0.5, 0.6) is 11.8 Å². The van der Waals surface area contributed by atoms with Gasteiger partial charge in [-0.1, -0.05) is 0 Å². The van der Waals surface area contributed by atoms with Crippen LogP contribution in [0.25, 0.3) is 11.0 Å². The zero-order valence-corrected chi connectivity index (χ0v) is 19.9. The van der Waals surface area contributed by atoms with Gasteiger partial charge in [0.25, 0.3) is 0 Å². The number of aromatic nitrogens is 3. The molecule has 2 bridgehead atoms. The predicted molar refractivity (Wildman–Crippen MR) is 129 cm³/mol. The minimum Gasteiger partial charge on any atom is -0.481 e. The van der Waals surface area contributed by atoms with Gasteiger partial charge in [-0.3, -0.25) is 4.98 Å². The number of anilines is 1. The number of rotatable bonds is 7. The fourth-order valence-electron chi connectivity index (χ4n) is 5.53. The quantitative estimate of drug-likeness (QED) is 0.529. The van der Waals surface area contributed by atoms with Gasteiger partial charge >= 0.3 is 0 Å². The number of ether oxygens (including phenoxy) is 3. The molecule has 2 saturated heterocycles. The van der Waals surface area contributed by atoms with Crippen molar-refractivity contribution in [3.05, 3.63) is 47.5 Å². The summed E-state index contributed by atoms with van der Waals surface area (Å²) in [5.74, 6) is 0.815. The molecule has 184 valence electrons. The molecule has 0 radical (unpaired) electrons. The molecule has 6 heterocycles. The van der Waals surface area contributed by atoms with Gasteiger partial charge < -0.3 is 24.8 Å². The normalized spacial score (nSPS) is 25.1. The molecule has 3 aromatic rings. The summed E-state index contributed by atoms with van der Waals surface area (Å²) < 4.78 is 32.1. The molecule has 4 aliphatic rings. The molecule has 8 nitrogen and oxygen atoms in total. The number of aryl methyl sites for hydroxylation is 1. The van der Waals surface area contributed by atoms with Gasteiger partial charge in [-0.15, -0.1) is 0 Å². The summed E-state index contributed by atoms with van der Waals surface area (Å²) in [6.45, 7) is 2.78. The number of hydrogen-bond donors (Lipinski definition) is 2. The second-order valence-corrected chi connectivity index (χ2v) is 9.84. The minimum atomic E-state index is -0.325. The maximum atomic E-state index is 14.8. The third-order valence-electron chi connectivity index (χ3n) is 7.77. The van der Waals surface area contributed by atoms with Crippen LogP contribution in [0.15, 0.2) is 30.5 Å². The Balaban J connectivity index is 1.10.